The molecule has 5 heteroatoms. The van der Waals surface area contributed by atoms with Crippen molar-refractivity contribution in [2.45, 2.75) is 0 Å². The topological polar surface area (TPSA) is 54.5 Å². The number of fused-ring (bicyclic) bond motifs is 2. The monoisotopic (exact) mass is 376 g/mol. The Hall–Kier alpha value is -2.75. The number of benzene rings is 3. The van der Waals surface area contributed by atoms with Crippen LogP contribution in [0.2, 0.25) is 0 Å². The summed E-state index contributed by atoms with van der Waals surface area (Å²) < 4.78 is 8.87. The number of hydrogen-bond acceptors (Lipinski definition) is 3. The van der Waals surface area contributed by atoms with E-state index < -0.39 is 0 Å². The molecular formula is C19H12N4Se. The average molecular weight is 375 g/mol. The van der Waals surface area contributed by atoms with Crippen LogP contribution in [0.25, 0.3) is 44.6 Å². The van der Waals surface area contributed by atoms with Crippen LogP contribution in [0.5, 0.6) is 0 Å². The van der Waals surface area contributed by atoms with Crippen LogP contribution in [0.1, 0.15) is 0 Å². The molecule has 0 aliphatic heterocycles. The average Bonchev–Trinajstić information content (AvgIpc) is 3.27. The van der Waals surface area contributed by atoms with Crippen molar-refractivity contribution >= 4 is 37.0 Å². The van der Waals surface area contributed by atoms with E-state index in [-0.39, 0.29) is 15.0 Å². The summed E-state index contributed by atoms with van der Waals surface area (Å²) in [6.07, 6.45) is 0. The second kappa shape index (κ2) is 5.41. The Morgan fingerprint density at radius 3 is 2.29 bits per heavy atom. The van der Waals surface area contributed by atoms with Crippen molar-refractivity contribution < 1.29 is 0 Å². The van der Waals surface area contributed by atoms with E-state index in [4.69, 9.17) is 0 Å². The fourth-order valence-electron chi connectivity index (χ4n) is 2.88. The maximum atomic E-state index is 4.69. The summed E-state index contributed by atoms with van der Waals surface area (Å²) in [5, 5.41) is 0. The summed E-state index contributed by atoms with van der Waals surface area (Å²) >= 11 is 0.0128. The number of H-pyrrole nitrogens is 1. The molecule has 4 nitrogen and oxygen atoms in total. The first-order valence-corrected chi connectivity index (χ1v) is 9.18. The molecule has 0 unspecified atom stereocenters. The number of nitrogens with zero attached hydrogens (tertiary/aromatic N) is 3. The molecule has 0 atom stereocenters. The minimum absolute atomic E-state index is 0.0128. The van der Waals surface area contributed by atoms with Gasteiger partial charge in [-0.25, -0.2) is 0 Å². The van der Waals surface area contributed by atoms with Crippen LogP contribution in [0.4, 0.5) is 0 Å². The van der Waals surface area contributed by atoms with E-state index in [9.17, 15) is 0 Å². The first-order valence-electron chi connectivity index (χ1n) is 7.65. The fraction of sp³-hybridized carbons (Fsp3) is 0. The first kappa shape index (κ1) is 13.7. The molecule has 0 saturated heterocycles. The van der Waals surface area contributed by atoms with Gasteiger partial charge in [0.25, 0.3) is 0 Å². The SMILES string of the molecule is c1ccc(-c2nc3ccc(-c4ccc5n[se]nc5c4)cc3[nH]2)cc1. The third-order valence-electron chi connectivity index (χ3n) is 4.12. The molecule has 0 aliphatic rings. The molecule has 2 aromatic heterocycles. The molecule has 24 heavy (non-hydrogen) atoms. The van der Waals surface area contributed by atoms with E-state index >= 15 is 0 Å². The van der Waals surface area contributed by atoms with E-state index in [2.05, 4.69) is 66.5 Å². The number of aromatic nitrogens is 4. The molecule has 3 aromatic carbocycles. The van der Waals surface area contributed by atoms with E-state index in [1.807, 2.05) is 18.2 Å². The Morgan fingerprint density at radius 2 is 1.42 bits per heavy atom. The van der Waals surface area contributed by atoms with Crippen molar-refractivity contribution in [3.05, 3.63) is 66.7 Å². The number of aromatic amines is 1. The summed E-state index contributed by atoms with van der Waals surface area (Å²) in [4.78, 5) is 8.11. The van der Waals surface area contributed by atoms with Gasteiger partial charge in [-0.3, -0.25) is 0 Å². The second-order valence-electron chi connectivity index (χ2n) is 5.65. The van der Waals surface area contributed by atoms with Crippen molar-refractivity contribution in [3.8, 4) is 22.5 Å². The normalized spacial score (nSPS) is 11.3. The summed E-state index contributed by atoms with van der Waals surface area (Å²) in [6.45, 7) is 0. The van der Waals surface area contributed by atoms with Gasteiger partial charge in [0.1, 0.15) is 0 Å². The van der Waals surface area contributed by atoms with Gasteiger partial charge in [0.15, 0.2) is 0 Å². The van der Waals surface area contributed by atoms with Gasteiger partial charge >= 0.3 is 138 Å². The molecule has 0 aliphatic carbocycles. The van der Waals surface area contributed by atoms with Crippen molar-refractivity contribution in [2.75, 3.05) is 0 Å². The van der Waals surface area contributed by atoms with Gasteiger partial charge in [-0.15, -0.1) is 0 Å². The maximum absolute atomic E-state index is 4.69. The molecule has 0 saturated carbocycles. The van der Waals surface area contributed by atoms with E-state index in [1.165, 1.54) is 0 Å². The van der Waals surface area contributed by atoms with Crippen LogP contribution in [-0.2, 0) is 0 Å². The van der Waals surface area contributed by atoms with E-state index in [1.54, 1.807) is 0 Å². The van der Waals surface area contributed by atoms with Gasteiger partial charge in [-0.05, 0) is 0 Å². The van der Waals surface area contributed by atoms with Gasteiger partial charge in [-0.1, -0.05) is 6.07 Å². The molecule has 2 heterocycles. The standard InChI is InChI=1S/C19H12N4Se/c1-2-4-12(5-3-1)19-20-15-8-6-13(10-17(15)21-19)14-7-9-16-18(11-14)23-24-22-16/h1-11H,(H,20,21). The molecule has 5 aromatic rings. The molecule has 114 valence electrons. The Bertz CT molecular complexity index is 1160. The molecular weight excluding hydrogens is 363 g/mol. The number of hydrogen-bond donors (Lipinski definition) is 1. The van der Waals surface area contributed by atoms with Crippen LogP contribution in [0, 0.1) is 0 Å². The third kappa shape index (κ3) is 2.26. The Balaban J connectivity index is 1.62. The van der Waals surface area contributed by atoms with Crippen LogP contribution in [-0.4, -0.2) is 32.9 Å². The Morgan fingerprint density at radius 1 is 0.667 bits per heavy atom. The zero-order chi connectivity index (χ0) is 15.9. The molecule has 1 N–H and O–H groups in total. The van der Waals surface area contributed by atoms with Crippen molar-refractivity contribution in [1.29, 1.82) is 0 Å². The van der Waals surface area contributed by atoms with Gasteiger partial charge < -0.3 is 0 Å². The van der Waals surface area contributed by atoms with Crippen LogP contribution in [0.3, 0.4) is 0 Å². The van der Waals surface area contributed by atoms with Gasteiger partial charge in [-0.2, -0.15) is 0 Å². The Kier molecular flexibility index (Phi) is 3.08. The number of nitrogens with one attached hydrogen (secondary N) is 1. The van der Waals surface area contributed by atoms with E-state index in [0.717, 1.165) is 44.6 Å². The second-order valence-corrected chi connectivity index (χ2v) is 6.76. The summed E-state index contributed by atoms with van der Waals surface area (Å²) in [7, 11) is 0. The van der Waals surface area contributed by atoms with Gasteiger partial charge in [0.2, 0.25) is 0 Å². The van der Waals surface area contributed by atoms with E-state index in [0.29, 0.717) is 0 Å². The van der Waals surface area contributed by atoms with Gasteiger partial charge in [0, 0.05) is 0 Å². The van der Waals surface area contributed by atoms with Crippen molar-refractivity contribution in [3.63, 3.8) is 0 Å². The molecule has 0 fully saturated rings. The summed E-state index contributed by atoms with van der Waals surface area (Å²) in [5.74, 6) is 0.896. The van der Waals surface area contributed by atoms with Crippen LogP contribution in [0.15, 0.2) is 66.7 Å². The zero-order valence-corrected chi connectivity index (χ0v) is 14.3. The predicted octanol–water partition coefficient (Wildman–Crippen LogP) is 3.90. The van der Waals surface area contributed by atoms with Crippen molar-refractivity contribution in [1.82, 2.24) is 17.9 Å². The molecule has 0 bridgehead atoms. The molecule has 5 rings (SSSR count). The minimum atomic E-state index is 0.0128. The first-order chi connectivity index (χ1) is 11.9. The number of rotatable bonds is 2. The zero-order valence-electron chi connectivity index (χ0n) is 12.6. The predicted molar refractivity (Wildman–Crippen MR) is 97.0 cm³/mol. The van der Waals surface area contributed by atoms with Crippen LogP contribution >= 0.6 is 0 Å². The molecule has 0 amide bonds. The third-order valence-corrected chi connectivity index (χ3v) is 5.28. The summed E-state index contributed by atoms with van der Waals surface area (Å²) in [5.41, 5.74) is 7.43. The van der Waals surface area contributed by atoms with Crippen molar-refractivity contribution in [2.24, 2.45) is 0 Å². The Labute approximate surface area is 144 Å². The molecule has 0 radical (unpaired) electrons. The quantitative estimate of drug-likeness (QED) is 0.476. The van der Waals surface area contributed by atoms with Crippen LogP contribution < -0.4 is 0 Å². The summed E-state index contributed by atoms with van der Waals surface area (Å²) in [6, 6.07) is 22.8. The van der Waals surface area contributed by atoms with Gasteiger partial charge in [0.05, 0.1) is 0 Å². The number of imidazole rings is 1. The molecule has 0 spiro atoms. The fourth-order valence-corrected chi connectivity index (χ4v) is 3.97.